The summed E-state index contributed by atoms with van der Waals surface area (Å²) in [6.45, 7) is 4.22. The van der Waals surface area contributed by atoms with Crippen LogP contribution in [0.15, 0.2) is 48.5 Å². The first-order chi connectivity index (χ1) is 12.9. The Hall–Kier alpha value is -2.03. The average molecular weight is 395 g/mol. The topological polar surface area (TPSA) is 52.7 Å². The standard InChI is InChI=1S/C19H23F2N3O2S/c20-17-3-1-16(2-4-17)15-27(25,26)22-9-10-23-11-13-24(14-12-23)19-7-5-18(21)6-8-19/h1-8,22H,9-15H2. The number of piperazine rings is 1. The van der Waals surface area contributed by atoms with E-state index in [4.69, 9.17) is 0 Å². The maximum absolute atomic E-state index is 13.0. The molecule has 146 valence electrons. The normalized spacial score (nSPS) is 15.9. The van der Waals surface area contributed by atoms with Crippen molar-refractivity contribution in [1.82, 2.24) is 9.62 Å². The summed E-state index contributed by atoms with van der Waals surface area (Å²) in [5.41, 5.74) is 1.55. The molecule has 0 amide bonds. The van der Waals surface area contributed by atoms with E-state index in [1.807, 2.05) is 0 Å². The second-order valence-corrected chi connectivity index (χ2v) is 8.39. The molecular weight excluding hydrogens is 372 g/mol. The van der Waals surface area contributed by atoms with Crippen molar-refractivity contribution in [3.63, 3.8) is 0 Å². The molecule has 0 spiro atoms. The number of sulfonamides is 1. The van der Waals surface area contributed by atoms with Gasteiger partial charge >= 0.3 is 0 Å². The summed E-state index contributed by atoms with van der Waals surface area (Å²) in [5, 5.41) is 0. The van der Waals surface area contributed by atoms with Crippen LogP contribution in [0.3, 0.4) is 0 Å². The minimum atomic E-state index is -3.45. The summed E-state index contributed by atoms with van der Waals surface area (Å²) in [6, 6.07) is 11.9. The lowest BCUT2D eigenvalue weighted by atomic mass is 10.2. The summed E-state index contributed by atoms with van der Waals surface area (Å²) < 4.78 is 52.8. The second-order valence-electron chi connectivity index (χ2n) is 6.58. The van der Waals surface area contributed by atoms with Gasteiger partial charge in [0.2, 0.25) is 10.0 Å². The van der Waals surface area contributed by atoms with Crippen LogP contribution in [0.2, 0.25) is 0 Å². The van der Waals surface area contributed by atoms with Gasteiger partial charge in [-0.15, -0.1) is 0 Å². The molecule has 0 aliphatic carbocycles. The van der Waals surface area contributed by atoms with Crippen LogP contribution < -0.4 is 9.62 Å². The fourth-order valence-electron chi connectivity index (χ4n) is 3.09. The van der Waals surface area contributed by atoms with Crippen LogP contribution in [0.4, 0.5) is 14.5 Å². The number of nitrogens with one attached hydrogen (secondary N) is 1. The maximum atomic E-state index is 13.0. The Morgan fingerprint density at radius 2 is 1.41 bits per heavy atom. The molecule has 8 heteroatoms. The molecule has 0 saturated carbocycles. The van der Waals surface area contributed by atoms with E-state index in [1.165, 1.54) is 36.4 Å². The summed E-state index contributed by atoms with van der Waals surface area (Å²) in [6.07, 6.45) is 0. The first-order valence-electron chi connectivity index (χ1n) is 8.86. The third-order valence-corrected chi connectivity index (χ3v) is 5.94. The molecule has 0 atom stereocenters. The summed E-state index contributed by atoms with van der Waals surface area (Å²) in [5.74, 6) is -0.791. The van der Waals surface area contributed by atoms with Crippen molar-refractivity contribution in [1.29, 1.82) is 0 Å². The molecule has 1 fully saturated rings. The van der Waals surface area contributed by atoms with Crippen molar-refractivity contribution in [2.75, 3.05) is 44.2 Å². The molecule has 0 unspecified atom stereocenters. The fraction of sp³-hybridized carbons (Fsp3) is 0.368. The number of halogens is 2. The quantitative estimate of drug-likeness (QED) is 0.781. The van der Waals surface area contributed by atoms with Crippen LogP contribution >= 0.6 is 0 Å². The van der Waals surface area contributed by atoms with Crippen LogP contribution in [0.25, 0.3) is 0 Å². The van der Waals surface area contributed by atoms with E-state index in [1.54, 1.807) is 12.1 Å². The van der Waals surface area contributed by atoms with Gasteiger partial charge in [0.15, 0.2) is 0 Å². The zero-order valence-corrected chi connectivity index (χ0v) is 15.8. The highest BCUT2D eigenvalue weighted by Gasteiger charge is 2.18. The Morgan fingerprint density at radius 1 is 0.852 bits per heavy atom. The molecule has 1 N–H and O–H groups in total. The fourth-order valence-corrected chi connectivity index (χ4v) is 4.23. The summed E-state index contributed by atoms with van der Waals surface area (Å²) in [4.78, 5) is 4.38. The monoisotopic (exact) mass is 395 g/mol. The van der Waals surface area contributed by atoms with E-state index in [2.05, 4.69) is 14.5 Å². The first-order valence-corrected chi connectivity index (χ1v) is 10.5. The van der Waals surface area contributed by atoms with Crippen LogP contribution in [0.1, 0.15) is 5.56 Å². The van der Waals surface area contributed by atoms with Crippen molar-refractivity contribution in [2.24, 2.45) is 0 Å². The van der Waals surface area contributed by atoms with Crippen molar-refractivity contribution in [2.45, 2.75) is 5.75 Å². The molecule has 1 aliphatic rings. The third-order valence-electron chi connectivity index (χ3n) is 4.58. The summed E-state index contributed by atoms with van der Waals surface area (Å²) >= 11 is 0. The number of hydrogen-bond acceptors (Lipinski definition) is 4. The molecular formula is C19H23F2N3O2S. The largest absolute Gasteiger partial charge is 0.369 e. The van der Waals surface area contributed by atoms with Crippen molar-refractivity contribution in [3.8, 4) is 0 Å². The molecule has 0 aromatic heterocycles. The Balaban J connectivity index is 1.40. The Bertz CT molecular complexity index is 834. The lowest BCUT2D eigenvalue weighted by Crippen LogP contribution is -2.48. The highest BCUT2D eigenvalue weighted by molar-refractivity contribution is 7.88. The van der Waals surface area contributed by atoms with Crippen LogP contribution in [0.5, 0.6) is 0 Å². The lowest BCUT2D eigenvalue weighted by molar-refractivity contribution is 0.262. The van der Waals surface area contributed by atoms with E-state index < -0.39 is 10.0 Å². The second kappa shape index (κ2) is 8.77. The van der Waals surface area contributed by atoms with Gasteiger partial charge in [0, 0.05) is 45.0 Å². The summed E-state index contributed by atoms with van der Waals surface area (Å²) in [7, 11) is -3.45. The number of anilines is 1. The molecule has 0 bridgehead atoms. The van der Waals surface area contributed by atoms with Crippen LogP contribution in [-0.4, -0.2) is 52.6 Å². The Morgan fingerprint density at radius 3 is 2.00 bits per heavy atom. The lowest BCUT2D eigenvalue weighted by Gasteiger charge is -2.36. The molecule has 2 aromatic carbocycles. The van der Waals surface area contributed by atoms with Gasteiger partial charge in [0.1, 0.15) is 11.6 Å². The highest BCUT2D eigenvalue weighted by Crippen LogP contribution is 2.16. The Labute approximate surface area is 158 Å². The smallest absolute Gasteiger partial charge is 0.215 e. The van der Waals surface area contributed by atoms with Gasteiger partial charge in [-0.05, 0) is 42.0 Å². The predicted molar refractivity (Wildman–Crippen MR) is 102 cm³/mol. The molecule has 5 nitrogen and oxygen atoms in total. The minimum absolute atomic E-state index is 0.161. The van der Waals surface area contributed by atoms with Crippen LogP contribution in [-0.2, 0) is 15.8 Å². The molecule has 2 aromatic rings. The van der Waals surface area contributed by atoms with Gasteiger partial charge in [-0.3, -0.25) is 4.90 Å². The Kier molecular flexibility index (Phi) is 6.41. The predicted octanol–water partition coefficient (Wildman–Crippen LogP) is 2.21. The van der Waals surface area contributed by atoms with Crippen molar-refractivity contribution in [3.05, 3.63) is 65.7 Å². The van der Waals surface area contributed by atoms with Gasteiger partial charge in [0.05, 0.1) is 5.75 Å². The van der Waals surface area contributed by atoms with E-state index in [9.17, 15) is 17.2 Å². The highest BCUT2D eigenvalue weighted by atomic mass is 32.2. The van der Waals surface area contributed by atoms with Gasteiger partial charge in [-0.2, -0.15) is 0 Å². The third kappa shape index (κ3) is 5.98. The average Bonchev–Trinajstić information content (AvgIpc) is 2.65. The van der Waals surface area contributed by atoms with Crippen molar-refractivity contribution < 1.29 is 17.2 Å². The molecule has 1 heterocycles. The van der Waals surface area contributed by atoms with Crippen molar-refractivity contribution >= 4 is 15.7 Å². The molecule has 1 aliphatic heterocycles. The molecule has 0 radical (unpaired) electrons. The number of rotatable bonds is 7. The first kappa shape index (κ1) is 19.7. The van der Waals surface area contributed by atoms with E-state index in [0.29, 0.717) is 18.7 Å². The molecule has 1 saturated heterocycles. The number of benzene rings is 2. The van der Waals surface area contributed by atoms with Gasteiger partial charge in [0.25, 0.3) is 0 Å². The van der Waals surface area contributed by atoms with E-state index >= 15 is 0 Å². The van der Waals surface area contributed by atoms with Gasteiger partial charge < -0.3 is 4.90 Å². The van der Waals surface area contributed by atoms with Crippen LogP contribution in [0, 0.1) is 11.6 Å². The van der Waals surface area contributed by atoms with E-state index in [-0.39, 0.29) is 17.4 Å². The number of nitrogens with zero attached hydrogens (tertiary/aromatic N) is 2. The molecule has 3 rings (SSSR count). The number of hydrogen-bond donors (Lipinski definition) is 1. The SMILES string of the molecule is O=S(=O)(Cc1ccc(F)cc1)NCCN1CCN(c2ccc(F)cc2)CC1. The zero-order valence-electron chi connectivity index (χ0n) is 14.9. The maximum Gasteiger partial charge on any atom is 0.215 e. The molecule has 27 heavy (non-hydrogen) atoms. The van der Waals surface area contributed by atoms with E-state index in [0.717, 1.165) is 31.9 Å². The van der Waals surface area contributed by atoms with Gasteiger partial charge in [-0.25, -0.2) is 21.9 Å². The minimum Gasteiger partial charge on any atom is -0.369 e. The van der Waals surface area contributed by atoms with Gasteiger partial charge in [-0.1, -0.05) is 12.1 Å². The zero-order chi connectivity index (χ0) is 19.3.